The molecule has 0 radical (unpaired) electrons. The number of benzene rings is 2. The molecular formula is C21H29N3OS. The highest BCUT2D eigenvalue weighted by molar-refractivity contribution is 7.80. The van der Waals surface area contributed by atoms with Crippen molar-refractivity contribution in [1.29, 1.82) is 0 Å². The van der Waals surface area contributed by atoms with Gasteiger partial charge in [-0.1, -0.05) is 42.5 Å². The van der Waals surface area contributed by atoms with Crippen molar-refractivity contribution in [2.75, 3.05) is 27.2 Å². The highest BCUT2D eigenvalue weighted by atomic mass is 32.1. The molecule has 4 nitrogen and oxygen atoms in total. The molecule has 0 atom stereocenters. The summed E-state index contributed by atoms with van der Waals surface area (Å²) in [5.41, 5.74) is 2.34. The number of nitrogens with one attached hydrogen (secondary N) is 2. The summed E-state index contributed by atoms with van der Waals surface area (Å²) in [7, 11) is 4.19. The zero-order valence-electron chi connectivity index (χ0n) is 15.7. The number of hydrogen-bond acceptors (Lipinski definition) is 3. The molecular weight excluding hydrogens is 342 g/mol. The molecule has 0 heterocycles. The van der Waals surface area contributed by atoms with Crippen LogP contribution in [0.1, 0.15) is 24.0 Å². The fourth-order valence-corrected chi connectivity index (χ4v) is 2.62. The Hall–Kier alpha value is -2.11. The van der Waals surface area contributed by atoms with Crippen molar-refractivity contribution < 1.29 is 4.74 Å². The highest BCUT2D eigenvalue weighted by Gasteiger charge is 1.99. The molecule has 0 aromatic heterocycles. The zero-order chi connectivity index (χ0) is 18.6. The van der Waals surface area contributed by atoms with Crippen molar-refractivity contribution in [3.63, 3.8) is 0 Å². The third-order valence-electron chi connectivity index (χ3n) is 3.94. The maximum Gasteiger partial charge on any atom is 0.166 e. The number of thiocarbonyl (C=S) groups is 1. The molecule has 0 aliphatic carbocycles. The predicted molar refractivity (Wildman–Crippen MR) is 112 cm³/mol. The summed E-state index contributed by atoms with van der Waals surface area (Å²) in [6.07, 6.45) is 2.29. The standard InChI is InChI=1S/C21H29N3OS/c1-24(2)15-7-6-14-22-21(26)23-16-18-10-12-20(13-11-18)25-17-19-8-4-3-5-9-19/h3-5,8-13H,6-7,14-17H2,1-2H3,(H2,22,23,26). The lowest BCUT2D eigenvalue weighted by atomic mass is 10.2. The molecule has 2 aromatic carbocycles. The Balaban J connectivity index is 1.63. The van der Waals surface area contributed by atoms with Crippen LogP contribution in [0.15, 0.2) is 54.6 Å². The van der Waals surface area contributed by atoms with Crippen LogP contribution in [0.25, 0.3) is 0 Å². The number of rotatable bonds is 10. The summed E-state index contributed by atoms with van der Waals surface area (Å²) < 4.78 is 5.80. The predicted octanol–water partition coefficient (Wildman–Crippen LogP) is 3.57. The maximum absolute atomic E-state index is 5.80. The normalized spacial score (nSPS) is 10.6. The van der Waals surface area contributed by atoms with Gasteiger partial charge in [0.15, 0.2) is 5.11 Å². The lowest BCUT2D eigenvalue weighted by Gasteiger charge is -2.12. The number of unbranched alkanes of at least 4 members (excludes halogenated alkanes) is 1. The first kappa shape index (κ1) is 20.2. The Kier molecular flexibility index (Phi) is 8.93. The first-order valence-electron chi connectivity index (χ1n) is 9.05. The van der Waals surface area contributed by atoms with Crippen molar-refractivity contribution in [2.24, 2.45) is 0 Å². The van der Waals surface area contributed by atoms with Gasteiger partial charge in [0.05, 0.1) is 0 Å². The van der Waals surface area contributed by atoms with E-state index >= 15 is 0 Å². The average molecular weight is 372 g/mol. The molecule has 0 spiro atoms. The van der Waals surface area contributed by atoms with Gasteiger partial charge in [-0.05, 0) is 69.0 Å². The van der Waals surface area contributed by atoms with Gasteiger partial charge in [0.25, 0.3) is 0 Å². The van der Waals surface area contributed by atoms with Crippen LogP contribution >= 0.6 is 12.2 Å². The van der Waals surface area contributed by atoms with Gasteiger partial charge in [0, 0.05) is 13.1 Å². The van der Waals surface area contributed by atoms with Crippen molar-refractivity contribution in [3.8, 4) is 5.75 Å². The van der Waals surface area contributed by atoms with E-state index in [4.69, 9.17) is 17.0 Å². The van der Waals surface area contributed by atoms with Gasteiger partial charge in [-0.2, -0.15) is 0 Å². The van der Waals surface area contributed by atoms with Crippen LogP contribution < -0.4 is 15.4 Å². The summed E-state index contributed by atoms with van der Waals surface area (Å²) in [5.74, 6) is 0.874. The minimum atomic E-state index is 0.584. The number of hydrogen-bond donors (Lipinski definition) is 2. The fraction of sp³-hybridized carbons (Fsp3) is 0.381. The monoisotopic (exact) mass is 371 g/mol. The molecule has 140 valence electrons. The lowest BCUT2D eigenvalue weighted by molar-refractivity contribution is 0.306. The molecule has 5 heteroatoms. The van der Waals surface area contributed by atoms with Crippen molar-refractivity contribution in [2.45, 2.75) is 26.0 Å². The minimum absolute atomic E-state index is 0.584. The van der Waals surface area contributed by atoms with Gasteiger partial charge in [-0.3, -0.25) is 0 Å². The van der Waals surface area contributed by atoms with Crippen LogP contribution in [0.2, 0.25) is 0 Å². The molecule has 2 aromatic rings. The van der Waals surface area contributed by atoms with Crippen molar-refractivity contribution in [1.82, 2.24) is 15.5 Å². The average Bonchev–Trinajstić information content (AvgIpc) is 2.66. The zero-order valence-corrected chi connectivity index (χ0v) is 16.5. The fourth-order valence-electron chi connectivity index (χ4n) is 2.44. The molecule has 0 saturated heterocycles. The topological polar surface area (TPSA) is 36.5 Å². The third kappa shape index (κ3) is 8.32. The number of nitrogens with zero attached hydrogens (tertiary/aromatic N) is 1. The maximum atomic E-state index is 5.80. The molecule has 0 aliphatic heterocycles. The van der Waals surface area contributed by atoms with Gasteiger partial charge in [0.1, 0.15) is 12.4 Å². The summed E-state index contributed by atoms with van der Waals surface area (Å²) >= 11 is 5.32. The Morgan fingerprint density at radius 1 is 0.923 bits per heavy atom. The van der Waals surface area contributed by atoms with Crippen LogP contribution in [0.5, 0.6) is 5.75 Å². The second-order valence-corrected chi connectivity index (χ2v) is 6.95. The van der Waals surface area contributed by atoms with Crippen molar-refractivity contribution in [3.05, 3.63) is 65.7 Å². The van der Waals surface area contributed by atoms with E-state index in [1.165, 1.54) is 17.5 Å². The van der Waals surface area contributed by atoms with Crippen LogP contribution in [0.4, 0.5) is 0 Å². The lowest BCUT2D eigenvalue weighted by Crippen LogP contribution is -2.35. The summed E-state index contributed by atoms with van der Waals surface area (Å²) in [6, 6.07) is 18.3. The summed E-state index contributed by atoms with van der Waals surface area (Å²) in [5, 5.41) is 7.21. The van der Waals surface area contributed by atoms with Crippen LogP contribution in [-0.2, 0) is 13.2 Å². The Labute approximate surface area is 162 Å². The van der Waals surface area contributed by atoms with Crippen LogP contribution in [-0.4, -0.2) is 37.2 Å². The summed E-state index contributed by atoms with van der Waals surface area (Å²) in [4.78, 5) is 2.20. The molecule has 0 bridgehead atoms. The highest BCUT2D eigenvalue weighted by Crippen LogP contribution is 2.14. The second kappa shape index (κ2) is 11.5. The Morgan fingerprint density at radius 3 is 2.35 bits per heavy atom. The smallest absolute Gasteiger partial charge is 0.166 e. The van der Waals surface area contributed by atoms with Gasteiger partial charge in [-0.15, -0.1) is 0 Å². The van der Waals surface area contributed by atoms with E-state index in [2.05, 4.69) is 53.9 Å². The molecule has 26 heavy (non-hydrogen) atoms. The van der Waals surface area contributed by atoms with E-state index in [1.807, 2.05) is 30.3 Å². The van der Waals surface area contributed by atoms with E-state index in [0.29, 0.717) is 18.3 Å². The summed E-state index contributed by atoms with van der Waals surface area (Å²) in [6.45, 7) is 3.31. The molecule has 2 N–H and O–H groups in total. The van der Waals surface area contributed by atoms with E-state index in [-0.39, 0.29) is 0 Å². The Morgan fingerprint density at radius 2 is 1.65 bits per heavy atom. The molecule has 0 fully saturated rings. The molecule has 0 unspecified atom stereocenters. The first-order valence-corrected chi connectivity index (χ1v) is 9.46. The third-order valence-corrected chi connectivity index (χ3v) is 4.23. The van der Waals surface area contributed by atoms with Gasteiger partial charge in [-0.25, -0.2) is 0 Å². The van der Waals surface area contributed by atoms with Gasteiger partial charge >= 0.3 is 0 Å². The van der Waals surface area contributed by atoms with Crippen LogP contribution in [0.3, 0.4) is 0 Å². The quantitative estimate of drug-likeness (QED) is 0.493. The molecule has 0 amide bonds. The SMILES string of the molecule is CN(C)CCCCNC(=S)NCc1ccc(OCc2ccccc2)cc1. The van der Waals surface area contributed by atoms with E-state index in [0.717, 1.165) is 25.3 Å². The second-order valence-electron chi connectivity index (χ2n) is 6.54. The first-order chi connectivity index (χ1) is 12.6. The van der Waals surface area contributed by atoms with Crippen molar-refractivity contribution >= 4 is 17.3 Å². The van der Waals surface area contributed by atoms with E-state index < -0.39 is 0 Å². The molecule has 2 rings (SSSR count). The largest absolute Gasteiger partial charge is 0.489 e. The molecule has 0 aliphatic rings. The van der Waals surface area contributed by atoms with Gasteiger partial charge < -0.3 is 20.3 Å². The minimum Gasteiger partial charge on any atom is -0.489 e. The van der Waals surface area contributed by atoms with Crippen LogP contribution in [0, 0.1) is 0 Å². The van der Waals surface area contributed by atoms with E-state index in [1.54, 1.807) is 0 Å². The Bertz CT molecular complexity index is 644. The van der Waals surface area contributed by atoms with E-state index in [9.17, 15) is 0 Å². The number of ether oxygens (including phenoxy) is 1. The van der Waals surface area contributed by atoms with Gasteiger partial charge in [0.2, 0.25) is 0 Å². The molecule has 0 saturated carbocycles.